The maximum Gasteiger partial charge on any atom is 0.241 e. The Morgan fingerprint density at radius 3 is 2.64 bits per heavy atom. The van der Waals surface area contributed by atoms with Crippen molar-refractivity contribution in [3.8, 4) is 10.6 Å². The molecule has 2 atom stereocenters. The number of carbonyl (C=O) groups is 1. The van der Waals surface area contributed by atoms with E-state index >= 15 is 0 Å². The number of hydrazine groups is 1. The molecule has 2 aliphatic heterocycles. The molecule has 28 heavy (non-hydrogen) atoms. The number of thiazole rings is 1. The van der Waals surface area contributed by atoms with Crippen molar-refractivity contribution in [2.45, 2.75) is 37.9 Å². The standard InChI is InChI=1S/C21H27N5OS/c27-21(19-12-18(23-24-19)15-6-7-15)26-10-8-25(9-11-26)13-17-14-28-20(22-17)16-4-2-1-3-5-16/h1-5,14-15,18-19,23-24H,6-13H2. The van der Waals surface area contributed by atoms with Crippen LogP contribution in [0.5, 0.6) is 0 Å². The third kappa shape index (κ3) is 3.98. The minimum atomic E-state index is -0.0517. The molecule has 2 N–H and O–H groups in total. The smallest absolute Gasteiger partial charge is 0.241 e. The van der Waals surface area contributed by atoms with Gasteiger partial charge < -0.3 is 4.90 Å². The lowest BCUT2D eigenvalue weighted by atomic mass is 10.1. The third-order valence-electron chi connectivity index (χ3n) is 6.06. The molecule has 1 aliphatic carbocycles. The molecule has 2 unspecified atom stereocenters. The molecule has 1 aromatic heterocycles. The first-order chi connectivity index (χ1) is 13.8. The van der Waals surface area contributed by atoms with Crippen molar-refractivity contribution < 1.29 is 4.79 Å². The van der Waals surface area contributed by atoms with Crippen LogP contribution < -0.4 is 10.9 Å². The van der Waals surface area contributed by atoms with E-state index in [2.05, 4.69) is 33.3 Å². The van der Waals surface area contributed by atoms with Crippen LogP contribution in [0.15, 0.2) is 35.7 Å². The van der Waals surface area contributed by atoms with Crippen LogP contribution in [-0.4, -0.2) is 59.0 Å². The van der Waals surface area contributed by atoms with E-state index in [1.54, 1.807) is 11.3 Å². The van der Waals surface area contributed by atoms with Crippen molar-refractivity contribution >= 4 is 17.2 Å². The summed E-state index contributed by atoms with van der Waals surface area (Å²) in [6.45, 7) is 4.30. The minimum Gasteiger partial charge on any atom is -0.339 e. The number of carbonyl (C=O) groups excluding carboxylic acids is 1. The molecule has 1 saturated carbocycles. The molecule has 6 nitrogen and oxygen atoms in total. The summed E-state index contributed by atoms with van der Waals surface area (Å²) in [5, 5.41) is 3.24. The van der Waals surface area contributed by atoms with Crippen molar-refractivity contribution in [1.29, 1.82) is 0 Å². The van der Waals surface area contributed by atoms with Crippen LogP contribution in [-0.2, 0) is 11.3 Å². The number of hydrogen-bond donors (Lipinski definition) is 2. The van der Waals surface area contributed by atoms with Gasteiger partial charge in [-0.15, -0.1) is 11.3 Å². The molecule has 148 valence electrons. The lowest BCUT2D eigenvalue weighted by Gasteiger charge is -2.35. The zero-order valence-corrected chi connectivity index (χ0v) is 16.8. The van der Waals surface area contributed by atoms with Crippen LogP contribution in [0.3, 0.4) is 0 Å². The van der Waals surface area contributed by atoms with Gasteiger partial charge in [0.2, 0.25) is 5.91 Å². The van der Waals surface area contributed by atoms with E-state index in [0.717, 1.165) is 55.8 Å². The number of benzene rings is 1. The second kappa shape index (κ2) is 7.91. The Morgan fingerprint density at radius 2 is 1.89 bits per heavy atom. The topological polar surface area (TPSA) is 60.5 Å². The molecular weight excluding hydrogens is 370 g/mol. The first kappa shape index (κ1) is 18.2. The fourth-order valence-electron chi connectivity index (χ4n) is 4.22. The molecule has 0 radical (unpaired) electrons. The van der Waals surface area contributed by atoms with E-state index in [1.165, 1.54) is 18.4 Å². The van der Waals surface area contributed by atoms with Crippen LogP contribution in [0.2, 0.25) is 0 Å². The molecule has 5 rings (SSSR count). The van der Waals surface area contributed by atoms with Crippen molar-refractivity contribution in [3.63, 3.8) is 0 Å². The quantitative estimate of drug-likeness (QED) is 0.809. The summed E-state index contributed by atoms with van der Waals surface area (Å²) < 4.78 is 0. The van der Waals surface area contributed by atoms with Gasteiger partial charge in [-0.05, 0) is 25.2 Å². The van der Waals surface area contributed by atoms with Gasteiger partial charge in [0.25, 0.3) is 0 Å². The highest BCUT2D eigenvalue weighted by Gasteiger charge is 2.40. The van der Waals surface area contributed by atoms with Gasteiger partial charge in [0.05, 0.1) is 5.69 Å². The molecule has 0 bridgehead atoms. The van der Waals surface area contributed by atoms with Crippen molar-refractivity contribution in [1.82, 2.24) is 25.6 Å². The number of hydrogen-bond acceptors (Lipinski definition) is 6. The molecule has 2 aromatic rings. The number of rotatable bonds is 5. The second-order valence-electron chi connectivity index (χ2n) is 8.13. The van der Waals surface area contributed by atoms with Crippen LogP contribution in [0.1, 0.15) is 25.0 Å². The first-order valence-electron chi connectivity index (χ1n) is 10.3. The predicted octanol–water partition coefficient (Wildman–Crippen LogP) is 2.10. The van der Waals surface area contributed by atoms with Crippen LogP contribution >= 0.6 is 11.3 Å². The van der Waals surface area contributed by atoms with Gasteiger partial charge >= 0.3 is 0 Å². The molecule has 1 aromatic carbocycles. The SMILES string of the molecule is O=C(C1CC(C2CC2)NN1)N1CCN(Cc2csc(-c3ccccc3)n2)CC1. The van der Waals surface area contributed by atoms with E-state index in [1.807, 2.05) is 23.1 Å². The predicted molar refractivity (Wildman–Crippen MR) is 111 cm³/mol. The van der Waals surface area contributed by atoms with Crippen LogP contribution in [0, 0.1) is 5.92 Å². The summed E-state index contributed by atoms with van der Waals surface area (Å²) in [5.41, 5.74) is 8.86. The van der Waals surface area contributed by atoms with Crippen LogP contribution in [0.4, 0.5) is 0 Å². The van der Waals surface area contributed by atoms with Crippen molar-refractivity contribution in [2.75, 3.05) is 26.2 Å². The molecule has 3 fully saturated rings. The highest BCUT2D eigenvalue weighted by molar-refractivity contribution is 7.13. The largest absolute Gasteiger partial charge is 0.339 e. The maximum atomic E-state index is 12.8. The second-order valence-corrected chi connectivity index (χ2v) is 8.99. The summed E-state index contributed by atoms with van der Waals surface area (Å²) in [5.74, 6) is 1.04. The van der Waals surface area contributed by atoms with Crippen molar-refractivity contribution in [3.05, 3.63) is 41.4 Å². The molecule has 1 amide bonds. The Kier molecular flexibility index (Phi) is 5.15. The van der Waals surface area contributed by atoms with Crippen LogP contribution in [0.25, 0.3) is 10.6 Å². The third-order valence-corrected chi connectivity index (χ3v) is 7.00. The summed E-state index contributed by atoms with van der Waals surface area (Å²) in [6.07, 6.45) is 3.55. The average Bonchev–Trinajstić information content (AvgIpc) is 3.28. The maximum absolute atomic E-state index is 12.8. The minimum absolute atomic E-state index is 0.0517. The highest BCUT2D eigenvalue weighted by Crippen LogP contribution is 2.35. The Morgan fingerprint density at radius 1 is 1.11 bits per heavy atom. The number of amides is 1. The molecule has 3 heterocycles. The van der Waals surface area contributed by atoms with Gasteiger partial charge in [0.1, 0.15) is 11.0 Å². The van der Waals surface area contributed by atoms with Gasteiger partial charge in [-0.2, -0.15) is 0 Å². The lowest BCUT2D eigenvalue weighted by molar-refractivity contribution is -0.135. The lowest BCUT2D eigenvalue weighted by Crippen LogP contribution is -2.53. The molecule has 0 spiro atoms. The number of nitrogens with one attached hydrogen (secondary N) is 2. The normalized spacial score (nSPS) is 25.9. The fourth-order valence-corrected chi connectivity index (χ4v) is 5.04. The summed E-state index contributed by atoms with van der Waals surface area (Å²) in [4.78, 5) is 22.0. The average molecular weight is 398 g/mol. The van der Waals surface area contributed by atoms with Gasteiger partial charge in [-0.25, -0.2) is 10.4 Å². The van der Waals surface area contributed by atoms with Gasteiger partial charge in [0.15, 0.2) is 0 Å². The van der Waals surface area contributed by atoms with Gasteiger partial charge in [0, 0.05) is 49.7 Å². The monoisotopic (exact) mass is 397 g/mol. The summed E-state index contributed by atoms with van der Waals surface area (Å²) >= 11 is 1.70. The first-order valence-corrected chi connectivity index (χ1v) is 11.2. The van der Waals surface area contributed by atoms with E-state index in [0.29, 0.717) is 6.04 Å². The Hall–Kier alpha value is -1.80. The Balaban J connectivity index is 1.11. The van der Waals surface area contributed by atoms with Gasteiger partial charge in [-0.3, -0.25) is 15.1 Å². The molecule has 3 aliphatic rings. The molecule has 2 saturated heterocycles. The van der Waals surface area contributed by atoms with Crippen molar-refractivity contribution in [2.24, 2.45) is 5.92 Å². The Bertz CT molecular complexity index is 813. The summed E-state index contributed by atoms with van der Waals surface area (Å²) in [7, 11) is 0. The van der Waals surface area contributed by atoms with E-state index in [4.69, 9.17) is 4.98 Å². The zero-order valence-electron chi connectivity index (χ0n) is 16.0. The fraction of sp³-hybridized carbons (Fsp3) is 0.524. The number of aromatic nitrogens is 1. The molecule has 7 heteroatoms. The molecular formula is C21H27N5OS. The number of piperazine rings is 1. The highest BCUT2D eigenvalue weighted by atomic mass is 32.1. The van der Waals surface area contributed by atoms with Gasteiger partial charge in [-0.1, -0.05) is 30.3 Å². The summed E-state index contributed by atoms with van der Waals surface area (Å²) in [6, 6.07) is 10.8. The number of nitrogens with zero attached hydrogens (tertiary/aromatic N) is 3. The van der Waals surface area contributed by atoms with E-state index in [9.17, 15) is 4.79 Å². The zero-order chi connectivity index (χ0) is 18.9. The van der Waals surface area contributed by atoms with E-state index in [-0.39, 0.29) is 11.9 Å². The van der Waals surface area contributed by atoms with E-state index < -0.39 is 0 Å². The Labute approximate surface area is 169 Å².